The fraction of sp³-hybridized carbons (Fsp3) is 1.00. The van der Waals surface area contributed by atoms with Gasteiger partial charge in [-0.1, -0.05) is 0 Å². The van der Waals surface area contributed by atoms with Gasteiger partial charge in [0, 0.05) is 29.9 Å². The summed E-state index contributed by atoms with van der Waals surface area (Å²) in [5, 5.41) is 3.67. The van der Waals surface area contributed by atoms with Crippen LogP contribution < -0.4 is 5.32 Å². The van der Waals surface area contributed by atoms with Crippen molar-refractivity contribution in [2.45, 2.75) is 44.0 Å². The Bertz CT molecular complexity index is 172. The molecule has 0 bridgehead atoms. The number of hydrogen-bond donors (Lipinski definition) is 1. The summed E-state index contributed by atoms with van der Waals surface area (Å²) in [5.74, 6) is 0. The molecule has 1 rings (SSSR count). The van der Waals surface area contributed by atoms with Crippen LogP contribution in [0.4, 0.5) is 0 Å². The van der Waals surface area contributed by atoms with Crippen molar-refractivity contribution in [2.75, 3.05) is 26.4 Å². The Kier molecular flexibility index (Phi) is 4.29. The summed E-state index contributed by atoms with van der Waals surface area (Å²) < 4.78 is 0.365. The van der Waals surface area contributed by atoms with Crippen molar-refractivity contribution in [3.05, 3.63) is 0 Å². The zero-order valence-corrected chi connectivity index (χ0v) is 10.9. The maximum Gasteiger partial charge on any atom is 0.0225 e. The van der Waals surface area contributed by atoms with Crippen LogP contribution in [0.1, 0.15) is 27.2 Å². The minimum atomic E-state index is 0.365. The maximum absolute atomic E-state index is 3.67. The molecule has 84 valence electrons. The fourth-order valence-electron chi connectivity index (χ4n) is 1.80. The van der Waals surface area contributed by atoms with Gasteiger partial charge in [-0.2, -0.15) is 11.8 Å². The zero-order valence-electron chi connectivity index (χ0n) is 10.1. The SMILES string of the molecule is CSC(C)(C)CNC1CC(C)N(C)C1. The van der Waals surface area contributed by atoms with E-state index in [1.807, 2.05) is 11.8 Å². The fourth-order valence-corrected chi connectivity index (χ4v) is 2.03. The summed E-state index contributed by atoms with van der Waals surface area (Å²) in [6.45, 7) is 9.21. The molecule has 2 unspecified atom stereocenters. The predicted molar refractivity (Wildman–Crippen MR) is 66.1 cm³/mol. The first kappa shape index (κ1) is 12.3. The quantitative estimate of drug-likeness (QED) is 0.771. The van der Waals surface area contributed by atoms with Crippen LogP contribution in [0.15, 0.2) is 0 Å². The highest BCUT2D eigenvalue weighted by Crippen LogP contribution is 2.21. The Morgan fingerprint density at radius 1 is 1.50 bits per heavy atom. The van der Waals surface area contributed by atoms with Crippen LogP contribution in [0, 0.1) is 0 Å². The summed E-state index contributed by atoms with van der Waals surface area (Å²) in [5.41, 5.74) is 0. The van der Waals surface area contributed by atoms with E-state index in [1.54, 1.807) is 0 Å². The van der Waals surface area contributed by atoms with E-state index >= 15 is 0 Å². The van der Waals surface area contributed by atoms with Crippen molar-refractivity contribution in [2.24, 2.45) is 0 Å². The maximum atomic E-state index is 3.67. The Morgan fingerprint density at radius 3 is 2.57 bits per heavy atom. The minimum Gasteiger partial charge on any atom is -0.311 e. The number of nitrogens with zero attached hydrogens (tertiary/aromatic N) is 1. The number of likely N-dealkylation sites (tertiary alicyclic amines) is 1. The molecule has 1 aliphatic heterocycles. The third kappa shape index (κ3) is 3.44. The first-order chi connectivity index (χ1) is 6.44. The molecule has 0 saturated carbocycles. The normalized spacial score (nSPS) is 29.8. The molecule has 0 spiro atoms. The molecule has 3 heteroatoms. The van der Waals surface area contributed by atoms with E-state index in [0.29, 0.717) is 10.8 Å². The summed E-state index contributed by atoms with van der Waals surface area (Å²) in [6, 6.07) is 1.44. The van der Waals surface area contributed by atoms with E-state index in [4.69, 9.17) is 0 Å². The highest BCUT2D eigenvalue weighted by molar-refractivity contribution is 7.99. The van der Waals surface area contributed by atoms with Crippen molar-refractivity contribution in [1.29, 1.82) is 0 Å². The van der Waals surface area contributed by atoms with Gasteiger partial charge in [0.25, 0.3) is 0 Å². The average Bonchev–Trinajstić information content (AvgIpc) is 2.44. The molecular formula is C11H24N2S. The second-order valence-electron chi connectivity index (χ2n) is 5.07. The van der Waals surface area contributed by atoms with Gasteiger partial charge in [0.05, 0.1) is 0 Å². The molecule has 0 amide bonds. The molecular weight excluding hydrogens is 192 g/mol. The molecule has 1 aliphatic rings. The van der Waals surface area contributed by atoms with Crippen LogP contribution >= 0.6 is 11.8 Å². The van der Waals surface area contributed by atoms with E-state index < -0.39 is 0 Å². The number of likely N-dealkylation sites (N-methyl/N-ethyl adjacent to an activating group) is 1. The average molecular weight is 216 g/mol. The molecule has 0 aromatic heterocycles. The second kappa shape index (κ2) is 4.86. The lowest BCUT2D eigenvalue weighted by molar-refractivity contribution is 0.326. The lowest BCUT2D eigenvalue weighted by Gasteiger charge is -2.24. The Hall–Kier alpha value is 0.270. The van der Waals surface area contributed by atoms with Crippen molar-refractivity contribution < 1.29 is 0 Å². The first-order valence-electron chi connectivity index (χ1n) is 5.43. The Labute approximate surface area is 92.8 Å². The molecule has 0 aromatic rings. The van der Waals surface area contributed by atoms with E-state index in [9.17, 15) is 0 Å². The first-order valence-corrected chi connectivity index (χ1v) is 6.66. The molecule has 0 aromatic carbocycles. The van der Waals surface area contributed by atoms with E-state index in [0.717, 1.165) is 12.6 Å². The van der Waals surface area contributed by atoms with E-state index in [1.165, 1.54) is 13.0 Å². The zero-order chi connectivity index (χ0) is 10.8. The van der Waals surface area contributed by atoms with Crippen molar-refractivity contribution >= 4 is 11.8 Å². The minimum absolute atomic E-state index is 0.365. The number of thioether (sulfide) groups is 1. The van der Waals surface area contributed by atoms with Crippen molar-refractivity contribution in [1.82, 2.24) is 10.2 Å². The van der Waals surface area contributed by atoms with Crippen LogP contribution in [0.3, 0.4) is 0 Å². The molecule has 1 heterocycles. The van der Waals surface area contributed by atoms with Crippen LogP contribution in [0.25, 0.3) is 0 Å². The highest BCUT2D eigenvalue weighted by atomic mass is 32.2. The molecule has 1 N–H and O–H groups in total. The predicted octanol–water partition coefficient (Wildman–Crippen LogP) is 1.81. The number of nitrogens with one attached hydrogen (secondary N) is 1. The Morgan fingerprint density at radius 2 is 2.14 bits per heavy atom. The molecule has 2 nitrogen and oxygen atoms in total. The smallest absolute Gasteiger partial charge is 0.0225 e. The van der Waals surface area contributed by atoms with Gasteiger partial charge in [-0.05, 0) is 40.5 Å². The molecule has 2 atom stereocenters. The standard InChI is InChI=1S/C11H24N2S/c1-9-6-10(7-13(9)4)12-8-11(2,3)14-5/h9-10,12H,6-8H2,1-5H3. The van der Waals surface area contributed by atoms with Gasteiger partial charge in [-0.3, -0.25) is 0 Å². The summed E-state index contributed by atoms with van der Waals surface area (Å²) in [4.78, 5) is 2.43. The van der Waals surface area contributed by atoms with Crippen LogP contribution in [-0.4, -0.2) is 48.1 Å². The summed E-state index contributed by atoms with van der Waals surface area (Å²) in [7, 11) is 2.21. The van der Waals surface area contributed by atoms with Gasteiger partial charge >= 0.3 is 0 Å². The number of hydrogen-bond acceptors (Lipinski definition) is 3. The summed E-state index contributed by atoms with van der Waals surface area (Å²) >= 11 is 1.94. The lowest BCUT2D eigenvalue weighted by atomic mass is 10.1. The highest BCUT2D eigenvalue weighted by Gasteiger charge is 2.27. The van der Waals surface area contributed by atoms with Gasteiger partial charge in [0.15, 0.2) is 0 Å². The monoisotopic (exact) mass is 216 g/mol. The van der Waals surface area contributed by atoms with Gasteiger partial charge < -0.3 is 10.2 Å². The largest absolute Gasteiger partial charge is 0.311 e. The van der Waals surface area contributed by atoms with Gasteiger partial charge in [-0.25, -0.2) is 0 Å². The number of rotatable bonds is 4. The van der Waals surface area contributed by atoms with Gasteiger partial charge in [0.2, 0.25) is 0 Å². The topological polar surface area (TPSA) is 15.3 Å². The second-order valence-corrected chi connectivity index (χ2v) is 6.58. The van der Waals surface area contributed by atoms with Gasteiger partial charge in [0.1, 0.15) is 0 Å². The molecule has 1 saturated heterocycles. The van der Waals surface area contributed by atoms with E-state index in [-0.39, 0.29) is 0 Å². The van der Waals surface area contributed by atoms with Crippen molar-refractivity contribution in [3.63, 3.8) is 0 Å². The molecule has 14 heavy (non-hydrogen) atoms. The third-order valence-corrected chi connectivity index (χ3v) is 4.51. The summed E-state index contributed by atoms with van der Waals surface area (Å²) in [6.07, 6.45) is 3.48. The lowest BCUT2D eigenvalue weighted by Crippen LogP contribution is -2.40. The van der Waals surface area contributed by atoms with Crippen LogP contribution in [0.5, 0.6) is 0 Å². The van der Waals surface area contributed by atoms with E-state index in [2.05, 4.69) is 44.3 Å². The molecule has 0 aliphatic carbocycles. The molecule has 0 radical (unpaired) electrons. The molecule has 1 fully saturated rings. The van der Waals surface area contributed by atoms with Crippen molar-refractivity contribution in [3.8, 4) is 0 Å². The van der Waals surface area contributed by atoms with Gasteiger partial charge in [-0.15, -0.1) is 0 Å². The van der Waals surface area contributed by atoms with Crippen LogP contribution in [-0.2, 0) is 0 Å². The Balaban J connectivity index is 2.27. The third-order valence-electron chi connectivity index (χ3n) is 3.26. The van der Waals surface area contributed by atoms with Crippen LogP contribution in [0.2, 0.25) is 0 Å².